The molecule has 0 amide bonds. The van der Waals surface area contributed by atoms with E-state index in [4.69, 9.17) is 23.2 Å². The van der Waals surface area contributed by atoms with E-state index in [1.165, 1.54) is 0 Å². The van der Waals surface area contributed by atoms with Crippen LogP contribution in [-0.2, 0) is 0 Å². The monoisotopic (exact) mass is 315 g/mol. The van der Waals surface area contributed by atoms with Crippen molar-refractivity contribution in [1.82, 2.24) is 4.90 Å². The van der Waals surface area contributed by atoms with Gasteiger partial charge in [-0.3, -0.25) is 4.79 Å². The maximum Gasteiger partial charge on any atom is 0.165 e. The normalized spacial score (nSPS) is 13.6. The second-order valence-electron chi connectivity index (χ2n) is 6.30. The highest BCUT2D eigenvalue weighted by Crippen LogP contribution is 2.27. The summed E-state index contributed by atoms with van der Waals surface area (Å²) in [5.41, 5.74) is 0.696. The van der Waals surface area contributed by atoms with Crippen molar-refractivity contribution >= 4 is 29.0 Å². The topological polar surface area (TPSA) is 20.3 Å². The van der Waals surface area contributed by atoms with Crippen molar-refractivity contribution in [1.29, 1.82) is 0 Å². The lowest BCUT2D eigenvalue weighted by Gasteiger charge is -2.35. The molecule has 1 aromatic carbocycles. The van der Waals surface area contributed by atoms with Gasteiger partial charge in [0.25, 0.3) is 0 Å². The molecular weight excluding hydrogens is 293 g/mol. The first-order valence-corrected chi connectivity index (χ1v) is 7.57. The van der Waals surface area contributed by atoms with Crippen LogP contribution in [0, 0.1) is 5.41 Å². The first kappa shape index (κ1) is 17.5. The Kier molecular flexibility index (Phi) is 6.06. The molecular formula is C16H23Cl2NO. The van der Waals surface area contributed by atoms with Gasteiger partial charge in [0, 0.05) is 24.6 Å². The van der Waals surface area contributed by atoms with Gasteiger partial charge < -0.3 is 4.90 Å². The largest absolute Gasteiger partial charge is 0.303 e. The molecule has 0 aliphatic rings. The molecule has 0 aliphatic carbocycles. The summed E-state index contributed by atoms with van der Waals surface area (Å²) in [6.07, 6.45) is 0.441. The van der Waals surface area contributed by atoms with Crippen molar-refractivity contribution in [3.05, 3.63) is 33.8 Å². The molecule has 112 valence electrons. The Hall–Kier alpha value is -0.570. The average molecular weight is 316 g/mol. The Balaban J connectivity index is 2.66. The van der Waals surface area contributed by atoms with Crippen molar-refractivity contribution in [3.8, 4) is 0 Å². The molecule has 0 fully saturated rings. The van der Waals surface area contributed by atoms with E-state index in [1.54, 1.807) is 18.2 Å². The van der Waals surface area contributed by atoms with Gasteiger partial charge in [-0.2, -0.15) is 0 Å². The van der Waals surface area contributed by atoms with Crippen molar-refractivity contribution in [2.24, 2.45) is 5.41 Å². The molecule has 0 aliphatic heterocycles. The number of hydrogen-bond donors (Lipinski definition) is 0. The molecule has 0 saturated heterocycles. The molecule has 0 aromatic heterocycles. The smallest absolute Gasteiger partial charge is 0.165 e. The van der Waals surface area contributed by atoms with Gasteiger partial charge in [-0.1, -0.05) is 50.0 Å². The number of hydrogen-bond acceptors (Lipinski definition) is 2. The zero-order valence-electron chi connectivity index (χ0n) is 12.8. The van der Waals surface area contributed by atoms with Crippen LogP contribution < -0.4 is 0 Å². The molecule has 1 atom stereocenters. The van der Waals surface area contributed by atoms with Crippen molar-refractivity contribution in [3.63, 3.8) is 0 Å². The Morgan fingerprint density at radius 1 is 1.30 bits per heavy atom. The minimum absolute atomic E-state index is 0.0328. The van der Waals surface area contributed by atoms with E-state index in [-0.39, 0.29) is 11.2 Å². The third-order valence-corrected chi connectivity index (χ3v) is 4.68. The summed E-state index contributed by atoms with van der Waals surface area (Å²) in [6.45, 7) is 9.48. The van der Waals surface area contributed by atoms with Crippen LogP contribution in [-0.4, -0.2) is 30.3 Å². The third-order valence-electron chi connectivity index (χ3n) is 3.86. The highest BCUT2D eigenvalue weighted by molar-refractivity contribution is 6.43. The van der Waals surface area contributed by atoms with Crippen LogP contribution >= 0.6 is 23.2 Å². The minimum atomic E-state index is 0.0328. The Morgan fingerprint density at radius 3 is 2.45 bits per heavy atom. The maximum absolute atomic E-state index is 12.2. The first-order valence-electron chi connectivity index (χ1n) is 6.82. The van der Waals surface area contributed by atoms with Gasteiger partial charge in [0.2, 0.25) is 0 Å². The van der Waals surface area contributed by atoms with Gasteiger partial charge in [-0.15, -0.1) is 0 Å². The summed E-state index contributed by atoms with van der Waals surface area (Å²) >= 11 is 12.0. The first-order chi connectivity index (χ1) is 9.14. The van der Waals surface area contributed by atoms with Crippen molar-refractivity contribution < 1.29 is 4.79 Å². The number of nitrogens with zero attached hydrogens (tertiary/aromatic N) is 1. The number of Topliss-reactive ketones (excluding diaryl/α,β-unsaturated/α-hetero) is 1. The van der Waals surface area contributed by atoms with Gasteiger partial charge in [0.05, 0.1) is 10.0 Å². The second kappa shape index (κ2) is 6.93. The summed E-state index contributed by atoms with van der Waals surface area (Å²) in [5.74, 6) is 0.0328. The van der Waals surface area contributed by atoms with E-state index >= 15 is 0 Å². The highest BCUT2D eigenvalue weighted by atomic mass is 35.5. The number of carbonyl (C=O) groups is 1. The summed E-state index contributed by atoms with van der Waals surface area (Å²) in [7, 11) is 2.04. The fourth-order valence-corrected chi connectivity index (χ4v) is 2.39. The van der Waals surface area contributed by atoms with Crippen LogP contribution in [0.15, 0.2) is 18.2 Å². The standard InChI is InChI=1S/C16H23Cl2NO/c1-11(16(2,3)4)19(5)10-9-14(20)12-7-6-8-13(17)15(12)18/h6-8,11H,9-10H2,1-5H3. The Bertz CT molecular complexity index is 480. The highest BCUT2D eigenvalue weighted by Gasteiger charge is 2.24. The fourth-order valence-electron chi connectivity index (χ4n) is 1.99. The third kappa shape index (κ3) is 4.47. The van der Waals surface area contributed by atoms with Crippen LogP contribution in [0.3, 0.4) is 0 Å². The van der Waals surface area contributed by atoms with E-state index in [0.717, 1.165) is 0 Å². The molecule has 20 heavy (non-hydrogen) atoms. The number of halogens is 2. The van der Waals surface area contributed by atoms with Crippen LogP contribution in [0.25, 0.3) is 0 Å². The van der Waals surface area contributed by atoms with E-state index in [2.05, 4.69) is 32.6 Å². The molecule has 1 rings (SSSR count). The average Bonchev–Trinajstić information content (AvgIpc) is 2.36. The van der Waals surface area contributed by atoms with Gasteiger partial charge in [0.1, 0.15) is 0 Å². The molecule has 0 spiro atoms. The fraction of sp³-hybridized carbons (Fsp3) is 0.562. The minimum Gasteiger partial charge on any atom is -0.303 e. The molecule has 1 unspecified atom stereocenters. The summed E-state index contributed by atoms with van der Waals surface area (Å²) in [6, 6.07) is 5.56. The molecule has 0 radical (unpaired) electrons. The van der Waals surface area contributed by atoms with Crippen molar-refractivity contribution in [2.45, 2.75) is 40.2 Å². The second-order valence-corrected chi connectivity index (χ2v) is 7.08. The van der Waals surface area contributed by atoms with Gasteiger partial charge in [0.15, 0.2) is 5.78 Å². The number of benzene rings is 1. The Labute approximate surface area is 132 Å². The van der Waals surface area contributed by atoms with E-state index in [9.17, 15) is 4.79 Å². The predicted octanol–water partition coefficient (Wildman–Crippen LogP) is 4.93. The summed E-state index contributed by atoms with van der Waals surface area (Å²) in [5, 5.41) is 0.777. The molecule has 0 bridgehead atoms. The molecule has 2 nitrogen and oxygen atoms in total. The van der Waals surface area contributed by atoms with E-state index < -0.39 is 0 Å². The summed E-state index contributed by atoms with van der Waals surface area (Å²) in [4.78, 5) is 14.4. The zero-order valence-corrected chi connectivity index (χ0v) is 14.3. The van der Waals surface area contributed by atoms with Gasteiger partial charge in [-0.05, 0) is 31.5 Å². The summed E-state index contributed by atoms with van der Waals surface area (Å²) < 4.78 is 0. The molecule has 0 N–H and O–H groups in total. The van der Waals surface area contributed by atoms with Crippen LogP contribution in [0.4, 0.5) is 0 Å². The predicted molar refractivity (Wildman–Crippen MR) is 87.0 cm³/mol. The maximum atomic E-state index is 12.2. The molecule has 4 heteroatoms. The van der Waals surface area contributed by atoms with Gasteiger partial charge >= 0.3 is 0 Å². The lowest BCUT2D eigenvalue weighted by Crippen LogP contribution is -2.40. The molecule has 0 heterocycles. The van der Waals surface area contributed by atoms with Crippen LogP contribution in [0.5, 0.6) is 0 Å². The van der Waals surface area contributed by atoms with E-state index in [0.29, 0.717) is 34.6 Å². The zero-order chi connectivity index (χ0) is 15.5. The van der Waals surface area contributed by atoms with Gasteiger partial charge in [-0.25, -0.2) is 0 Å². The lowest BCUT2D eigenvalue weighted by atomic mass is 9.87. The Morgan fingerprint density at radius 2 is 1.90 bits per heavy atom. The number of rotatable bonds is 5. The lowest BCUT2D eigenvalue weighted by molar-refractivity contribution is 0.0928. The SMILES string of the molecule is CC(N(C)CCC(=O)c1cccc(Cl)c1Cl)C(C)(C)C. The van der Waals surface area contributed by atoms with Crippen LogP contribution in [0.1, 0.15) is 44.5 Å². The molecule has 0 saturated carbocycles. The van der Waals surface area contributed by atoms with Crippen LogP contribution in [0.2, 0.25) is 10.0 Å². The number of ketones is 1. The van der Waals surface area contributed by atoms with Crippen molar-refractivity contribution in [2.75, 3.05) is 13.6 Å². The quantitative estimate of drug-likeness (QED) is 0.718. The van der Waals surface area contributed by atoms with E-state index in [1.807, 2.05) is 7.05 Å². The number of carbonyl (C=O) groups excluding carboxylic acids is 1. The molecule has 1 aromatic rings.